The molecule has 0 amide bonds. The lowest BCUT2D eigenvalue weighted by atomic mass is 9.97. The van der Waals surface area contributed by atoms with Gasteiger partial charge in [-0.05, 0) is 54.1 Å². The number of aromatic nitrogens is 2. The molecule has 0 saturated heterocycles. The van der Waals surface area contributed by atoms with Crippen molar-refractivity contribution in [2.45, 2.75) is 13.8 Å². The first-order chi connectivity index (χ1) is 11.6. The summed E-state index contributed by atoms with van der Waals surface area (Å²) in [6.45, 7) is 4.20. The third-order valence-electron chi connectivity index (χ3n) is 4.35. The fraction of sp³-hybridized carbons (Fsp3) is 0.100. The van der Waals surface area contributed by atoms with E-state index in [2.05, 4.69) is 42.0 Å². The van der Waals surface area contributed by atoms with Crippen molar-refractivity contribution in [1.29, 1.82) is 0 Å². The molecule has 2 aromatic carbocycles. The average Bonchev–Trinajstić information content (AvgIpc) is 3.03. The summed E-state index contributed by atoms with van der Waals surface area (Å²) in [5.74, 6) is 0.207. The van der Waals surface area contributed by atoms with Crippen LogP contribution in [0.1, 0.15) is 11.1 Å². The second-order valence-corrected chi connectivity index (χ2v) is 5.91. The van der Waals surface area contributed by atoms with Gasteiger partial charge in [0, 0.05) is 11.8 Å². The maximum absolute atomic E-state index is 12.1. The van der Waals surface area contributed by atoms with E-state index in [1.165, 1.54) is 11.1 Å². The largest absolute Gasteiger partial charge is 0.388 e. The van der Waals surface area contributed by atoms with Gasteiger partial charge in [0.2, 0.25) is 0 Å². The molecule has 4 nitrogen and oxygen atoms in total. The number of nitrogens with zero attached hydrogens (tertiary/aromatic N) is 1. The Morgan fingerprint density at radius 2 is 1.83 bits per heavy atom. The molecule has 4 rings (SSSR count). The van der Waals surface area contributed by atoms with E-state index in [1.54, 1.807) is 12.3 Å². The molecule has 0 aliphatic carbocycles. The highest BCUT2D eigenvalue weighted by molar-refractivity contribution is 5.85. The number of aryl methyl sites for hydroxylation is 1. The molecule has 118 valence electrons. The first-order valence-corrected chi connectivity index (χ1v) is 7.78. The van der Waals surface area contributed by atoms with E-state index in [0.717, 1.165) is 22.0 Å². The van der Waals surface area contributed by atoms with Crippen LogP contribution in [0.5, 0.6) is 0 Å². The average molecular weight is 316 g/mol. The summed E-state index contributed by atoms with van der Waals surface area (Å²) in [7, 11) is 0. The summed E-state index contributed by atoms with van der Waals surface area (Å²) >= 11 is 0. The van der Waals surface area contributed by atoms with Crippen LogP contribution in [0.2, 0.25) is 0 Å². The molecular formula is C20H16N2O2. The van der Waals surface area contributed by atoms with E-state index in [9.17, 15) is 4.79 Å². The van der Waals surface area contributed by atoms with Gasteiger partial charge < -0.3 is 9.40 Å². The zero-order valence-corrected chi connectivity index (χ0v) is 13.5. The topological polar surface area (TPSA) is 58.9 Å². The van der Waals surface area contributed by atoms with Gasteiger partial charge in [-0.2, -0.15) is 4.98 Å². The Hall–Kier alpha value is -3.14. The van der Waals surface area contributed by atoms with Gasteiger partial charge in [-0.3, -0.25) is 0 Å². The number of imidazole rings is 1. The van der Waals surface area contributed by atoms with Crippen molar-refractivity contribution in [2.24, 2.45) is 0 Å². The molecule has 1 N–H and O–H groups in total. The summed E-state index contributed by atoms with van der Waals surface area (Å²) in [6, 6.07) is 15.7. The van der Waals surface area contributed by atoms with Crippen LogP contribution in [0.3, 0.4) is 0 Å². The number of rotatable bonds is 1. The number of H-pyrrole nitrogens is 1. The summed E-state index contributed by atoms with van der Waals surface area (Å²) in [6.07, 6.45) is 1.77. The molecule has 4 aromatic rings. The Balaban J connectivity index is 2.19. The summed E-state index contributed by atoms with van der Waals surface area (Å²) < 4.78 is 5.32. The molecule has 0 fully saturated rings. The van der Waals surface area contributed by atoms with Crippen LogP contribution >= 0.6 is 0 Å². The SMILES string of the molecule is Cc1cccc(-c2cc3cccc(c3)c(=O)oc3nc2c[nH]3)c1C. The smallest absolute Gasteiger partial charge is 0.345 e. The minimum absolute atomic E-state index is 0.207. The van der Waals surface area contributed by atoms with Crippen LogP contribution in [-0.4, -0.2) is 9.97 Å². The van der Waals surface area contributed by atoms with Gasteiger partial charge in [0.1, 0.15) is 0 Å². The van der Waals surface area contributed by atoms with Crippen LogP contribution in [0.25, 0.3) is 33.3 Å². The van der Waals surface area contributed by atoms with Crippen molar-refractivity contribution in [3.63, 3.8) is 0 Å². The summed E-state index contributed by atoms with van der Waals surface area (Å²) in [4.78, 5) is 19.5. The third-order valence-corrected chi connectivity index (χ3v) is 4.35. The predicted molar refractivity (Wildman–Crippen MR) is 95.9 cm³/mol. The lowest BCUT2D eigenvalue weighted by molar-refractivity contribution is 0.547. The molecule has 4 heteroatoms. The molecular weight excluding hydrogens is 300 g/mol. The van der Waals surface area contributed by atoms with Gasteiger partial charge in [-0.15, -0.1) is 0 Å². The van der Waals surface area contributed by atoms with Crippen LogP contribution in [-0.2, 0) is 0 Å². The Morgan fingerprint density at radius 3 is 2.71 bits per heavy atom. The summed E-state index contributed by atoms with van der Waals surface area (Å²) in [5.41, 5.74) is 4.87. The third kappa shape index (κ3) is 2.42. The fourth-order valence-corrected chi connectivity index (χ4v) is 2.90. The Morgan fingerprint density at radius 1 is 1.00 bits per heavy atom. The number of fused-ring (bicyclic) bond motifs is 4. The molecule has 24 heavy (non-hydrogen) atoms. The van der Waals surface area contributed by atoms with Gasteiger partial charge in [-0.25, -0.2) is 4.79 Å². The van der Waals surface area contributed by atoms with Crippen LogP contribution in [0.15, 0.2) is 63.9 Å². The van der Waals surface area contributed by atoms with Gasteiger partial charge in [0.25, 0.3) is 0 Å². The van der Waals surface area contributed by atoms with Crippen molar-refractivity contribution >= 4 is 22.1 Å². The van der Waals surface area contributed by atoms with Crippen molar-refractivity contribution in [1.82, 2.24) is 9.97 Å². The molecule has 2 aromatic heterocycles. The zero-order valence-electron chi connectivity index (χ0n) is 13.5. The fourth-order valence-electron chi connectivity index (χ4n) is 2.90. The lowest BCUT2D eigenvalue weighted by Crippen LogP contribution is -1.95. The van der Waals surface area contributed by atoms with E-state index < -0.39 is 5.63 Å². The maximum atomic E-state index is 12.1. The molecule has 0 radical (unpaired) electrons. The number of hydrogen-bond acceptors (Lipinski definition) is 3. The highest BCUT2D eigenvalue weighted by Crippen LogP contribution is 2.29. The van der Waals surface area contributed by atoms with E-state index in [1.807, 2.05) is 24.3 Å². The van der Waals surface area contributed by atoms with Gasteiger partial charge >= 0.3 is 11.5 Å². The van der Waals surface area contributed by atoms with Crippen LogP contribution < -0.4 is 5.63 Å². The van der Waals surface area contributed by atoms with Gasteiger partial charge in [-0.1, -0.05) is 30.3 Å². The standard InChI is InChI=1S/C20H16N2O2/c1-12-5-3-8-16(13(12)2)17-10-14-6-4-7-15(9-14)19(23)24-20-21-11-18(17)22-20/h3-11H,1-2H3,(H,21,22). The predicted octanol–water partition coefficient (Wildman–Crippen LogP) is 4.52. The van der Waals surface area contributed by atoms with Crippen molar-refractivity contribution < 1.29 is 4.42 Å². The zero-order chi connectivity index (χ0) is 16.7. The molecule has 0 aliphatic rings. The van der Waals surface area contributed by atoms with Crippen LogP contribution in [0, 0.1) is 13.8 Å². The molecule has 0 saturated carbocycles. The quantitative estimate of drug-likeness (QED) is 0.562. The highest BCUT2D eigenvalue weighted by atomic mass is 16.4. The minimum Gasteiger partial charge on any atom is -0.388 e. The van der Waals surface area contributed by atoms with E-state index >= 15 is 0 Å². The van der Waals surface area contributed by atoms with Crippen LogP contribution in [0.4, 0.5) is 0 Å². The van der Waals surface area contributed by atoms with E-state index in [0.29, 0.717) is 5.39 Å². The molecule has 0 unspecified atom stereocenters. The lowest BCUT2D eigenvalue weighted by Gasteiger charge is -2.08. The monoisotopic (exact) mass is 316 g/mol. The van der Waals surface area contributed by atoms with Gasteiger partial charge in [0.05, 0.1) is 10.9 Å². The number of nitrogens with one attached hydrogen (secondary N) is 1. The second-order valence-electron chi connectivity index (χ2n) is 5.91. The molecule has 0 atom stereocenters. The minimum atomic E-state index is -0.415. The maximum Gasteiger partial charge on any atom is 0.345 e. The molecule has 0 spiro atoms. The van der Waals surface area contributed by atoms with Crippen molar-refractivity contribution in [3.8, 4) is 11.1 Å². The van der Waals surface area contributed by atoms with E-state index in [4.69, 9.17) is 4.42 Å². The summed E-state index contributed by atoms with van der Waals surface area (Å²) in [5, 5.41) is 1.44. The van der Waals surface area contributed by atoms with E-state index in [-0.39, 0.29) is 5.84 Å². The van der Waals surface area contributed by atoms with Crippen molar-refractivity contribution in [2.75, 3.05) is 0 Å². The highest BCUT2D eigenvalue weighted by Gasteiger charge is 2.08. The molecule has 2 heterocycles. The first-order valence-electron chi connectivity index (χ1n) is 7.78. The first kappa shape index (κ1) is 14.5. The van der Waals surface area contributed by atoms with Gasteiger partial charge in [0.15, 0.2) is 0 Å². The van der Waals surface area contributed by atoms with Crippen molar-refractivity contribution in [3.05, 3.63) is 76.3 Å². The molecule has 0 aliphatic heterocycles. The second kappa shape index (κ2) is 5.49. The molecule has 4 bridgehead atoms. The number of benzene rings is 2. The number of aromatic amines is 1. The Labute approximate surface area is 138 Å². The normalized spacial score (nSPS) is 11.1. The Kier molecular flexibility index (Phi) is 3.31. The number of hydrogen-bond donors (Lipinski definition) is 1. The Bertz CT molecular complexity index is 1150.